The molecule has 0 unspecified atom stereocenters. The number of benzene rings is 1. The van der Waals surface area contributed by atoms with E-state index in [0.717, 1.165) is 24.8 Å². The number of nitrogens with zero attached hydrogens (tertiary/aromatic N) is 5. The number of amides is 3. The van der Waals surface area contributed by atoms with Gasteiger partial charge in [-0.3, -0.25) is 9.59 Å². The van der Waals surface area contributed by atoms with E-state index in [-0.39, 0.29) is 41.6 Å². The second-order valence-electron chi connectivity index (χ2n) is 12.2. The summed E-state index contributed by atoms with van der Waals surface area (Å²) in [6, 6.07) is 10.2. The second-order valence-corrected chi connectivity index (χ2v) is 12.2. The van der Waals surface area contributed by atoms with Crippen LogP contribution in [0.25, 0.3) is 11.4 Å². The van der Waals surface area contributed by atoms with E-state index in [2.05, 4.69) is 17.2 Å². The third kappa shape index (κ3) is 7.63. The van der Waals surface area contributed by atoms with E-state index in [0.29, 0.717) is 57.5 Å². The summed E-state index contributed by atoms with van der Waals surface area (Å²) in [5, 5.41) is 11.9. The summed E-state index contributed by atoms with van der Waals surface area (Å²) in [5.41, 5.74) is 0.870. The number of carboxylic acid groups (broad SMARTS) is 1. The minimum atomic E-state index is -1.27. The van der Waals surface area contributed by atoms with Crippen LogP contribution in [0.15, 0.2) is 36.4 Å². The van der Waals surface area contributed by atoms with Crippen LogP contribution in [0.5, 0.6) is 0 Å². The van der Waals surface area contributed by atoms with E-state index in [1.807, 2.05) is 49.1 Å². The van der Waals surface area contributed by atoms with Gasteiger partial charge in [-0.05, 0) is 12.3 Å². The Bertz CT molecular complexity index is 1370. The van der Waals surface area contributed by atoms with Crippen LogP contribution in [0.3, 0.4) is 0 Å². The molecule has 3 heterocycles. The van der Waals surface area contributed by atoms with Crippen molar-refractivity contribution in [1.29, 1.82) is 0 Å². The molecule has 0 bridgehead atoms. The molecule has 2 N–H and O–H groups in total. The van der Waals surface area contributed by atoms with Gasteiger partial charge in [-0.25, -0.2) is 19.6 Å². The van der Waals surface area contributed by atoms with Crippen molar-refractivity contribution >= 4 is 29.9 Å². The SMILES string of the molecule is CCCCCOC(=O)N1CCN(C(=O)[C@@H](NC(=O)c2cc(N3C[C@@H]4[C@H](C3)[C@@H]4OC(=O)O)nc(-c3ccccc3)n2)C(C)C)CC1. The molecule has 3 amide bonds. The molecule has 3 fully saturated rings. The van der Waals surface area contributed by atoms with Gasteiger partial charge in [0.2, 0.25) is 5.91 Å². The zero-order valence-corrected chi connectivity index (χ0v) is 26.1. The standard InChI is InChI=1S/C32H42N6O7/c1-4-5-9-16-44-31(41)37-14-12-36(13-15-37)30(40)26(20(2)3)35-29(39)24-17-25(34-28(33-24)21-10-7-6-8-11-21)38-18-22-23(19-38)27(22)45-32(42)43/h6-8,10-11,17,20,22-23,26-27H,4-5,9,12-16,18-19H2,1-3H3,(H,35,39)(H,42,43)/t22-,23+,26-,27-/m0/s1. The molecule has 5 rings (SSSR count). The van der Waals surface area contributed by atoms with E-state index < -0.39 is 18.1 Å². The largest absolute Gasteiger partial charge is 0.506 e. The molecule has 242 valence electrons. The van der Waals surface area contributed by atoms with Gasteiger partial charge < -0.3 is 34.6 Å². The number of carbonyl (C=O) groups is 4. The summed E-state index contributed by atoms with van der Waals surface area (Å²) in [4.78, 5) is 65.3. The average molecular weight is 623 g/mol. The molecule has 0 radical (unpaired) electrons. The van der Waals surface area contributed by atoms with Crippen molar-refractivity contribution in [1.82, 2.24) is 25.1 Å². The van der Waals surface area contributed by atoms with Gasteiger partial charge in [-0.1, -0.05) is 63.9 Å². The quantitative estimate of drug-likeness (QED) is 0.281. The van der Waals surface area contributed by atoms with Crippen LogP contribution in [-0.2, 0) is 14.3 Å². The first-order valence-electron chi connectivity index (χ1n) is 15.8. The van der Waals surface area contributed by atoms with Gasteiger partial charge in [0.15, 0.2) is 5.82 Å². The summed E-state index contributed by atoms with van der Waals surface area (Å²) in [6.45, 7) is 8.77. The number of aromatic nitrogens is 2. The van der Waals surface area contributed by atoms with Gasteiger partial charge in [0.25, 0.3) is 5.91 Å². The Hall–Kier alpha value is -4.42. The molecule has 4 atom stereocenters. The average Bonchev–Trinajstić information content (AvgIpc) is 3.45. The first-order chi connectivity index (χ1) is 21.7. The highest BCUT2D eigenvalue weighted by Crippen LogP contribution is 2.48. The lowest BCUT2D eigenvalue weighted by Gasteiger charge is -2.36. The molecule has 1 saturated carbocycles. The van der Waals surface area contributed by atoms with E-state index in [4.69, 9.17) is 19.6 Å². The Kier molecular flexibility index (Phi) is 10.0. The van der Waals surface area contributed by atoms with Gasteiger partial charge >= 0.3 is 12.2 Å². The van der Waals surface area contributed by atoms with Crippen LogP contribution in [0.4, 0.5) is 15.4 Å². The number of nitrogens with one attached hydrogen (secondary N) is 1. The number of fused-ring (bicyclic) bond motifs is 1. The third-order valence-corrected chi connectivity index (χ3v) is 8.70. The van der Waals surface area contributed by atoms with E-state index in [9.17, 15) is 19.2 Å². The lowest BCUT2D eigenvalue weighted by Crippen LogP contribution is -2.57. The molecular formula is C32H42N6O7. The number of anilines is 1. The predicted octanol–water partition coefficient (Wildman–Crippen LogP) is 3.50. The molecule has 1 aromatic carbocycles. The zero-order chi connectivity index (χ0) is 32.1. The summed E-state index contributed by atoms with van der Waals surface area (Å²) < 4.78 is 10.3. The van der Waals surface area contributed by atoms with Crippen LogP contribution in [0.2, 0.25) is 0 Å². The van der Waals surface area contributed by atoms with E-state index >= 15 is 0 Å². The number of rotatable bonds is 11. The van der Waals surface area contributed by atoms with Crippen LogP contribution in [0.1, 0.15) is 50.5 Å². The van der Waals surface area contributed by atoms with Crippen molar-refractivity contribution in [3.8, 4) is 11.4 Å². The highest BCUT2D eigenvalue weighted by molar-refractivity contribution is 5.97. The molecule has 1 aliphatic carbocycles. The van der Waals surface area contributed by atoms with Crippen molar-refractivity contribution in [2.24, 2.45) is 17.8 Å². The van der Waals surface area contributed by atoms with Crippen LogP contribution >= 0.6 is 0 Å². The van der Waals surface area contributed by atoms with E-state index in [1.165, 1.54) is 0 Å². The third-order valence-electron chi connectivity index (χ3n) is 8.70. The summed E-state index contributed by atoms with van der Waals surface area (Å²) >= 11 is 0. The van der Waals surface area contributed by atoms with Gasteiger partial charge in [-0.15, -0.1) is 0 Å². The van der Waals surface area contributed by atoms with Crippen molar-refractivity contribution in [2.75, 3.05) is 50.8 Å². The molecule has 45 heavy (non-hydrogen) atoms. The van der Waals surface area contributed by atoms with Gasteiger partial charge in [0, 0.05) is 62.7 Å². The molecule has 2 aliphatic heterocycles. The molecule has 1 aromatic heterocycles. The predicted molar refractivity (Wildman–Crippen MR) is 165 cm³/mol. The number of ether oxygens (including phenoxy) is 2. The maximum atomic E-state index is 13.7. The minimum Gasteiger partial charge on any atom is -0.450 e. The van der Waals surface area contributed by atoms with Crippen LogP contribution < -0.4 is 10.2 Å². The fourth-order valence-electron chi connectivity index (χ4n) is 6.02. The second kappa shape index (κ2) is 14.1. The number of hydrogen-bond donors (Lipinski definition) is 2. The van der Waals surface area contributed by atoms with E-state index in [1.54, 1.807) is 15.9 Å². The van der Waals surface area contributed by atoms with Crippen LogP contribution in [0, 0.1) is 17.8 Å². The van der Waals surface area contributed by atoms with Crippen molar-refractivity contribution in [3.63, 3.8) is 0 Å². The van der Waals surface area contributed by atoms with Crippen molar-refractivity contribution in [2.45, 2.75) is 52.2 Å². The molecule has 13 nitrogen and oxygen atoms in total. The van der Waals surface area contributed by atoms with Gasteiger partial charge in [0.1, 0.15) is 23.7 Å². The first-order valence-corrected chi connectivity index (χ1v) is 15.8. The fraction of sp³-hybridized carbons (Fsp3) is 0.562. The number of unbranched alkanes of at least 4 members (excludes halogenated alkanes) is 2. The number of piperazine rings is 1. The lowest BCUT2D eigenvalue weighted by atomic mass is 10.0. The Morgan fingerprint density at radius 2 is 1.64 bits per heavy atom. The molecule has 2 saturated heterocycles. The molecular weight excluding hydrogens is 580 g/mol. The zero-order valence-electron chi connectivity index (χ0n) is 26.1. The Balaban J connectivity index is 1.26. The van der Waals surface area contributed by atoms with Gasteiger partial charge in [-0.2, -0.15) is 0 Å². The Labute approximate surface area is 262 Å². The normalized spacial score (nSPS) is 21.2. The summed E-state index contributed by atoms with van der Waals surface area (Å²) in [7, 11) is 0. The maximum Gasteiger partial charge on any atom is 0.506 e. The summed E-state index contributed by atoms with van der Waals surface area (Å²) in [6.07, 6.45) is 0.937. The lowest BCUT2D eigenvalue weighted by molar-refractivity contribution is -0.136. The smallest absolute Gasteiger partial charge is 0.450 e. The molecule has 2 aromatic rings. The highest BCUT2D eigenvalue weighted by Gasteiger charge is 2.59. The topological polar surface area (TPSA) is 154 Å². The molecule has 0 spiro atoms. The van der Waals surface area contributed by atoms with Crippen molar-refractivity contribution in [3.05, 3.63) is 42.1 Å². The molecule has 3 aliphatic rings. The minimum absolute atomic E-state index is 0.0832. The number of piperidine rings is 1. The Morgan fingerprint density at radius 1 is 0.978 bits per heavy atom. The fourth-order valence-corrected chi connectivity index (χ4v) is 6.02. The van der Waals surface area contributed by atoms with Crippen LogP contribution in [-0.4, -0.2) is 107 Å². The number of hydrogen-bond acceptors (Lipinski definition) is 9. The van der Waals surface area contributed by atoms with Crippen molar-refractivity contribution < 1.29 is 33.8 Å². The first kappa shape index (κ1) is 32.0. The monoisotopic (exact) mass is 622 g/mol. The van der Waals surface area contributed by atoms with Gasteiger partial charge in [0.05, 0.1) is 6.61 Å². The highest BCUT2D eigenvalue weighted by atomic mass is 16.7. The molecule has 13 heteroatoms. The summed E-state index contributed by atoms with van der Waals surface area (Å²) in [5.74, 6) is 0.196. The maximum absolute atomic E-state index is 13.7. The number of carbonyl (C=O) groups excluding carboxylic acids is 3. The Morgan fingerprint density at radius 3 is 2.27 bits per heavy atom.